The largest absolute Gasteiger partial charge is 0.491 e. The number of anilines is 1. The molecule has 5 nitrogen and oxygen atoms in total. The summed E-state index contributed by atoms with van der Waals surface area (Å²) in [6.07, 6.45) is 5.78. The lowest BCUT2D eigenvalue weighted by Gasteiger charge is -2.40. The number of thioether (sulfide) groups is 1. The molecule has 0 atom stereocenters. The molecule has 2 rings (SSSR count). The molecular weight excluding hydrogens is 288 g/mol. The third-order valence-corrected chi connectivity index (χ3v) is 5.20. The fraction of sp³-hybridized carbons (Fsp3) is 0.600. The van der Waals surface area contributed by atoms with Crippen molar-refractivity contribution in [2.24, 2.45) is 0 Å². The maximum atomic E-state index is 11.0. The predicted molar refractivity (Wildman–Crippen MR) is 87.4 cm³/mol. The van der Waals surface area contributed by atoms with Gasteiger partial charge in [-0.2, -0.15) is 11.8 Å². The van der Waals surface area contributed by atoms with Crippen molar-refractivity contribution in [3.63, 3.8) is 0 Å². The van der Waals surface area contributed by atoms with Gasteiger partial charge in [0.1, 0.15) is 5.75 Å². The number of nitro groups is 1. The molecule has 0 aliphatic heterocycles. The lowest BCUT2D eigenvalue weighted by molar-refractivity contribution is -0.384. The molecule has 0 amide bonds. The van der Waals surface area contributed by atoms with Crippen LogP contribution in [-0.4, -0.2) is 28.6 Å². The number of nitrogens with one attached hydrogen (secondary N) is 1. The van der Waals surface area contributed by atoms with E-state index < -0.39 is 0 Å². The van der Waals surface area contributed by atoms with Gasteiger partial charge < -0.3 is 10.1 Å². The lowest BCUT2D eigenvalue weighted by atomic mass is 9.84. The summed E-state index contributed by atoms with van der Waals surface area (Å²) in [5.74, 6) is 0.536. The quantitative estimate of drug-likeness (QED) is 0.607. The number of hydrogen-bond acceptors (Lipinski definition) is 5. The SMILES string of the molecule is CSC1(CNc2cc(OC(C)C)cc([N+](=O)[O-])c2)CCC1. The summed E-state index contributed by atoms with van der Waals surface area (Å²) in [7, 11) is 0. The third-order valence-electron chi connectivity index (χ3n) is 3.79. The van der Waals surface area contributed by atoms with Crippen LogP contribution in [0.2, 0.25) is 0 Å². The standard InChI is InChI=1S/C15H22N2O3S/c1-11(2)20-14-8-12(7-13(9-14)17(18)19)16-10-15(21-3)5-4-6-15/h7-9,11,16H,4-6,10H2,1-3H3. The van der Waals surface area contributed by atoms with Crippen LogP contribution in [0.3, 0.4) is 0 Å². The Morgan fingerprint density at radius 2 is 2.14 bits per heavy atom. The molecule has 1 N–H and O–H groups in total. The van der Waals surface area contributed by atoms with Crippen molar-refractivity contribution in [1.29, 1.82) is 0 Å². The van der Waals surface area contributed by atoms with E-state index in [4.69, 9.17) is 4.74 Å². The van der Waals surface area contributed by atoms with Gasteiger partial charge >= 0.3 is 0 Å². The van der Waals surface area contributed by atoms with Crippen LogP contribution < -0.4 is 10.1 Å². The Kier molecular flexibility index (Phi) is 4.98. The van der Waals surface area contributed by atoms with E-state index in [0.29, 0.717) is 5.75 Å². The number of ether oxygens (including phenoxy) is 1. The van der Waals surface area contributed by atoms with Crippen molar-refractivity contribution in [2.45, 2.75) is 44.0 Å². The van der Waals surface area contributed by atoms with Crippen LogP contribution in [0.15, 0.2) is 18.2 Å². The van der Waals surface area contributed by atoms with Crippen LogP contribution in [0.4, 0.5) is 11.4 Å². The molecule has 1 aromatic carbocycles. The zero-order chi connectivity index (χ0) is 15.5. The monoisotopic (exact) mass is 310 g/mol. The Bertz CT molecular complexity index is 510. The summed E-state index contributed by atoms with van der Waals surface area (Å²) >= 11 is 1.88. The second kappa shape index (κ2) is 6.56. The van der Waals surface area contributed by atoms with Gasteiger partial charge in [-0.25, -0.2) is 0 Å². The Labute approximate surface area is 129 Å². The highest BCUT2D eigenvalue weighted by Crippen LogP contribution is 2.43. The molecule has 6 heteroatoms. The minimum atomic E-state index is -0.383. The highest BCUT2D eigenvalue weighted by atomic mass is 32.2. The molecule has 1 fully saturated rings. The van der Waals surface area contributed by atoms with Crippen LogP contribution in [0.1, 0.15) is 33.1 Å². The number of benzene rings is 1. The van der Waals surface area contributed by atoms with Crippen molar-refractivity contribution >= 4 is 23.1 Å². The number of nitrogens with zero attached hydrogens (tertiary/aromatic N) is 1. The van der Waals surface area contributed by atoms with E-state index in [2.05, 4.69) is 11.6 Å². The van der Waals surface area contributed by atoms with Gasteiger partial charge in [-0.1, -0.05) is 6.42 Å². The average Bonchev–Trinajstić information content (AvgIpc) is 2.37. The van der Waals surface area contributed by atoms with Gasteiger partial charge in [0.2, 0.25) is 0 Å². The van der Waals surface area contributed by atoms with Gasteiger partial charge in [-0.3, -0.25) is 10.1 Å². The molecule has 21 heavy (non-hydrogen) atoms. The zero-order valence-corrected chi connectivity index (χ0v) is 13.5. The van der Waals surface area contributed by atoms with Crippen molar-refractivity contribution in [3.05, 3.63) is 28.3 Å². The molecule has 0 spiro atoms. The number of non-ortho nitro benzene ring substituents is 1. The fourth-order valence-electron chi connectivity index (χ4n) is 2.42. The lowest BCUT2D eigenvalue weighted by Crippen LogP contribution is -2.40. The van der Waals surface area contributed by atoms with Crippen LogP contribution >= 0.6 is 11.8 Å². The zero-order valence-electron chi connectivity index (χ0n) is 12.7. The highest BCUT2D eigenvalue weighted by molar-refractivity contribution is 8.00. The van der Waals surface area contributed by atoms with E-state index in [9.17, 15) is 10.1 Å². The fourth-order valence-corrected chi connectivity index (χ4v) is 3.33. The first-order chi connectivity index (χ1) is 9.94. The van der Waals surface area contributed by atoms with Gasteiger partial charge in [-0.15, -0.1) is 0 Å². The molecule has 0 saturated heterocycles. The summed E-state index contributed by atoms with van der Waals surface area (Å²) in [4.78, 5) is 10.7. The maximum Gasteiger partial charge on any atom is 0.275 e. The molecule has 1 aromatic rings. The Hall–Kier alpha value is -1.43. The van der Waals surface area contributed by atoms with E-state index in [1.165, 1.54) is 25.3 Å². The van der Waals surface area contributed by atoms with Crippen LogP contribution in [-0.2, 0) is 0 Å². The average molecular weight is 310 g/mol. The van der Waals surface area contributed by atoms with Crippen molar-refractivity contribution in [2.75, 3.05) is 18.1 Å². The van der Waals surface area contributed by atoms with Crippen molar-refractivity contribution < 1.29 is 9.66 Å². The highest BCUT2D eigenvalue weighted by Gasteiger charge is 2.35. The molecule has 1 aliphatic rings. The third kappa shape index (κ3) is 4.03. The molecule has 116 valence electrons. The molecule has 0 unspecified atom stereocenters. The van der Waals surface area contributed by atoms with E-state index in [-0.39, 0.29) is 21.5 Å². The van der Waals surface area contributed by atoms with Crippen molar-refractivity contribution in [1.82, 2.24) is 0 Å². The Morgan fingerprint density at radius 3 is 2.62 bits per heavy atom. The van der Waals surface area contributed by atoms with Crippen molar-refractivity contribution in [3.8, 4) is 5.75 Å². The van der Waals surface area contributed by atoms with Crippen LogP contribution in [0.5, 0.6) is 5.75 Å². The number of hydrogen-bond donors (Lipinski definition) is 1. The minimum absolute atomic E-state index is 0.0102. The van der Waals surface area contributed by atoms with E-state index in [1.54, 1.807) is 6.07 Å². The molecule has 1 saturated carbocycles. The molecule has 0 heterocycles. The molecule has 0 aromatic heterocycles. The molecule has 0 radical (unpaired) electrons. The van der Waals surface area contributed by atoms with Gasteiger partial charge in [0.05, 0.1) is 17.1 Å². The Morgan fingerprint density at radius 1 is 1.43 bits per heavy atom. The number of rotatable bonds is 7. The Balaban J connectivity index is 2.13. The minimum Gasteiger partial charge on any atom is -0.491 e. The van der Waals surface area contributed by atoms with Gasteiger partial charge in [0, 0.05) is 29.1 Å². The van der Waals surface area contributed by atoms with Crippen LogP contribution in [0, 0.1) is 10.1 Å². The summed E-state index contributed by atoms with van der Waals surface area (Å²) in [5, 5.41) is 14.4. The van der Waals surface area contributed by atoms with E-state index in [0.717, 1.165) is 12.2 Å². The second-order valence-corrected chi connectivity index (χ2v) is 7.01. The molecular formula is C15H22N2O3S. The van der Waals surface area contributed by atoms with Gasteiger partial charge in [0.15, 0.2) is 0 Å². The topological polar surface area (TPSA) is 64.4 Å². The van der Waals surface area contributed by atoms with Gasteiger partial charge in [-0.05, 0) is 32.9 Å². The predicted octanol–water partition coefficient (Wildman–Crippen LogP) is 4.08. The van der Waals surface area contributed by atoms with E-state index in [1.807, 2.05) is 31.7 Å². The van der Waals surface area contributed by atoms with Gasteiger partial charge in [0.25, 0.3) is 5.69 Å². The smallest absolute Gasteiger partial charge is 0.275 e. The first-order valence-corrected chi connectivity index (χ1v) is 8.42. The normalized spacial score (nSPS) is 16.4. The summed E-state index contributed by atoms with van der Waals surface area (Å²) in [5.41, 5.74) is 0.808. The molecule has 1 aliphatic carbocycles. The number of nitro benzene ring substituents is 1. The summed E-state index contributed by atoms with van der Waals surface area (Å²) in [6.45, 7) is 4.64. The summed E-state index contributed by atoms with van der Waals surface area (Å²) in [6, 6.07) is 4.87. The van der Waals surface area contributed by atoms with Crippen LogP contribution in [0.25, 0.3) is 0 Å². The second-order valence-electron chi connectivity index (χ2n) is 5.73. The first kappa shape index (κ1) is 15.9. The van der Waals surface area contributed by atoms with E-state index >= 15 is 0 Å². The maximum absolute atomic E-state index is 11.0. The molecule has 0 bridgehead atoms. The summed E-state index contributed by atoms with van der Waals surface area (Å²) < 4.78 is 5.88. The first-order valence-electron chi connectivity index (χ1n) is 7.19.